The molecule has 3 aromatic rings. The van der Waals surface area contributed by atoms with Crippen LogP contribution in [0, 0.1) is 5.92 Å². The SMILES string of the molecule is CCC1CC(=O)NN=C1c1ccc2nc(-c3ccc(OC4CCN(C(=O)OC(C)(C)C)CC4)cc3)oc2c1. The van der Waals surface area contributed by atoms with E-state index in [-0.39, 0.29) is 24.0 Å². The lowest BCUT2D eigenvalue weighted by Gasteiger charge is -2.33. The largest absolute Gasteiger partial charge is 0.490 e. The number of oxazole rings is 1. The lowest BCUT2D eigenvalue weighted by atomic mass is 9.90. The number of rotatable bonds is 5. The summed E-state index contributed by atoms with van der Waals surface area (Å²) in [6, 6.07) is 13.5. The van der Waals surface area contributed by atoms with Gasteiger partial charge in [-0.05, 0) is 63.6 Å². The molecule has 1 atom stereocenters. The van der Waals surface area contributed by atoms with Crippen LogP contribution in [0.4, 0.5) is 4.79 Å². The van der Waals surface area contributed by atoms with Crippen LogP contribution in [0.15, 0.2) is 52.0 Å². The summed E-state index contributed by atoms with van der Waals surface area (Å²) in [5.74, 6) is 1.33. The van der Waals surface area contributed by atoms with Crippen molar-refractivity contribution in [3.8, 4) is 17.2 Å². The Kier molecular flexibility index (Phi) is 7.10. The van der Waals surface area contributed by atoms with Crippen LogP contribution in [0.3, 0.4) is 0 Å². The molecule has 2 amide bonds. The van der Waals surface area contributed by atoms with Crippen molar-refractivity contribution in [2.45, 2.75) is 65.1 Å². The second kappa shape index (κ2) is 10.5. The molecule has 1 saturated heterocycles. The van der Waals surface area contributed by atoms with Gasteiger partial charge in [0.2, 0.25) is 11.8 Å². The monoisotopic (exact) mass is 518 g/mol. The fourth-order valence-electron chi connectivity index (χ4n) is 4.78. The highest BCUT2D eigenvalue weighted by molar-refractivity contribution is 6.07. The number of hydrogen-bond acceptors (Lipinski definition) is 7. The van der Waals surface area contributed by atoms with Crippen LogP contribution in [0.5, 0.6) is 5.75 Å². The summed E-state index contributed by atoms with van der Waals surface area (Å²) < 4.78 is 17.7. The minimum absolute atomic E-state index is 0.0433. The molecule has 38 heavy (non-hydrogen) atoms. The lowest BCUT2D eigenvalue weighted by Crippen LogP contribution is -2.44. The van der Waals surface area contributed by atoms with Crippen LogP contribution in [-0.4, -0.2) is 52.4 Å². The second-order valence-corrected chi connectivity index (χ2v) is 10.9. The second-order valence-electron chi connectivity index (χ2n) is 10.9. The lowest BCUT2D eigenvalue weighted by molar-refractivity contribution is -0.122. The van der Waals surface area contributed by atoms with Gasteiger partial charge in [-0.1, -0.05) is 13.0 Å². The van der Waals surface area contributed by atoms with Crippen molar-refractivity contribution in [1.82, 2.24) is 15.3 Å². The normalized spacial score (nSPS) is 18.7. The Bertz CT molecular complexity index is 1350. The molecule has 0 aliphatic carbocycles. The Morgan fingerprint density at radius 3 is 2.50 bits per heavy atom. The van der Waals surface area contributed by atoms with Crippen molar-refractivity contribution >= 4 is 28.8 Å². The van der Waals surface area contributed by atoms with E-state index in [1.54, 1.807) is 4.90 Å². The molecule has 2 aliphatic heterocycles. The Balaban J connectivity index is 1.22. The van der Waals surface area contributed by atoms with Gasteiger partial charge in [0.05, 0.1) is 5.71 Å². The van der Waals surface area contributed by atoms with Crippen LogP contribution in [-0.2, 0) is 9.53 Å². The van der Waals surface area contributed by atoms with Gasteiger partial charge < -0.3 is 18.8 Å². The van der Waals surface area contributed by atoms with E-state index in [1.165, 1.54) is 0 Å². The first-order valence-electron chi connectivity index (χ1n) is 13.2. The maximum absolute atomic E-state index is 12.3. The molecule has 1 fully saturated rings. The fraction of sp³-hybridized carbons (Fsp3) is 0.448. The van der Waals surface area contributed by atoms with Crippen molar-refractivity contribution in [3.63, 3.8) is 0 Å². The van der Waals surface area contributed by atoms with E-state index in [1.807, 2.05) is 63.2 Å². The van der Waals surface area contributed by atoms with Crippen molar-refractivity contribution < 1.29 is 23.5 Å². The Hall–Kier alpha value is -3.88. The highest BCUT2D eigenvalue weighted by atomic mass is 16.6. The average Bonchev–Trinajstić information content (AvgIpc) is 3.32. The van der Waals surface area contributed by atoms with E-state index in [0.717, 1.165) is 47.4 Å². The Labute approximate surface area is 222 Å². The number of carbonyl (C=O) groups excluding carboxylic acids is 2. The predicted molar refractivity (Wildman–Crippen MR) is 144 cm³/mol. The van der Waals surface area contributed by atoms with Crippen LogP contribution in [0.1, 0.15) is 58.9 Å². The van der Waals surface area contributed by atoms with E-state index in [0.29, 0.717) is 31.0 Å². The molecule has 9 nitrogen and oxygen atoms in total. The summed E-state index contributed by atoms with van der Waals surface area (Å²) in [5, 5.41) is 4.30. The van der Waals surface area contributed by atoms with Gasteiger partial charge in [0, 0.05) is 49.4 Å². The van der Waals surface area contributed by atoms with Gasteiger partial charge in [-0.25, -0.2) is 15.2 Å². The standard InChI is InChI=1S/C29H34N4O5/c1-5-18-17-25(34)31-32-26(18)20-8-11-23-24(16-20)37-27(30-23)19-6-9-21(10-7-19)36-22-12-14-33(15-13-22)28(35)38-29(2,3)4/h6-11,16,18,22H,5,12-15,17H2,1-4H3,(H,31,34). The van der Waals surface area contributed by atoms with E-state index in [9.17, 15) is 9.59 Å². The van der Waals surface area contributed by atoms with Crippen LogP contribution >= 0.6 is 0 Å². The number of amides is 2. The first-order valence-corrected chi connectivity index (χ1v) is 13.2. The number of benzene rings is 2. The van der Waals surface area contributed by atoms with Crippen LogP contribution in [0.25, 0.3) is 22.6 Å². The Morgan fingerprint density at radius 2 is 1.82 bits per heavy atom. The quantitative estimate of drug-likeness (QED) is 0.476. The first kappa shape index (κ1) is 25.8. The highest BCUT2D eigenvalue weighted by Gasteiger charge is 2.28. The minimum atomic E-state index is -0.495. The molecule has 0 bridgehead atoms. The summed E-state index contributed by atoms with van der Waals surface area (Å²) in [5.41, 5.74) is 6.17. The third-order valence-corrected chi connectivity index (χ3v) is 6.79. The van der Waals surface area contributed by atoms with Gasteiger partial charge in [0.25, 0.3) is 0 Å². The van der Waals surface area contributed by atoms with Gasteiger partial charge in [-0.2, -0.15) is 5.10 Å². The average molecular weight is 519 g/mol. The highest BCUT2D eigenvalue weighted by Crippen LogP contribution is 2.29. The van der Waals surface area contributed by atoms with Crippen LogP contribution in [0.2, 0.25) is 0 Å². The molecular weight excluding hydrogens is 484 g/mol. The summed E-state index contributed by atoms with van der Waals surface area (Å²) >= 11 is 0. The maximum Gasteiger partial charge on any atom is 0.410 e. The molecule has 9 heteroatoms. The number of likely N-dealkylation sites (tertiary alicyclic amines) is 1. The molecule has 0 spiro atoms. The fourth-order valence-corrected chi connectivity index (χ4v) is 4.78. The topological polar surface area (TPSA) is 106 Å². The van der Waals surface area contributed by atoms with Crippen molar-refractivity contribution in [3.05, 3.63) is 48.0 Å². The summed E-state index contributed by atoms with van der Waals surface area (Å²) in [6.45, 7) is 8.90. The molecule has 3 heterocycles. The zero-order chi connectivity index (χ0) is 26.9. The number of hydrogen-bond donors (Lipinski definition) is 1. The number of ether oxygens (including phenoxy) is 2. The van der Waals surface area contributed by atoms with E-state index < -0.39 is 5.60 Å². The van der Waals surface area contributed by atoms with Crippen LogP contribution < -0.4 is 10.2 Å². The minimum Gasteiger partial charge on any atom is -0.490 e. The van der Waals surface area contributed by atoms with Crippen molar-refractivity contribution in [2.24, 2.45) is 11.0 Å². The van der Waals surface area contributed by atoms with E-state index in [2.05, 4.69) is 22.4 Å². The molecule has 0 saturated carbocycles. The zero-order valence-corrected chi connectivity index (χ0v) is 22.3. The maximum atomic E-state index is 12.3. The molecule has 0 radical (unpaired) electrons. The number of nitrogens with one attached hydrogen (secondary N) is 1. The molecule has 5 rings (SSSR count). The number of hydrazone groups is 1. The molecular formula is C29H34N4O5. The third kappa shape index (κ3) is 5.82. The molecule has 2 aromatic carbocycles. The Morgan fingerprint density at radius 1 is 1.11 bits per heavy atom. The molecule has 1 aromatic heterocycles. The smallest absolute Gasteiger partial charge is 0.410 e. The summed E-state index contributed by atoms with van der Waals surface area (Å²) in [4.78, 5) is 30.4. The number of nitrogens with zero attached hydrogens (tertiary/aromatic N) is 3. The van der Waals surface area contributed by atoms with E-state index >= 15 is 0 Å². The first-order chi connectivity index (χ1) is 18.2. The van der Waals surface area contributed by atoms with Gasteiger partial charge in [0.1, 0.15) is 23.0 Å². The molecule has 200 valence electrons. The van der Waals surface area contributed by atoms with Crippen molar-refractivity contribution in [1.29, 1.82) is 0 Å². The van der Waals surface area contributed by atoms with Gasteiger partial charge in [0.15, 0.2) is 5.58 Å². The number of aromatic nitrogens is 1. The van der Waals surface area contributed by atoms with Gasteiger partial charge in [-0.15, -0.1) is 0 Å². The van der Waals surface area contributed by atoms with Crippen molar-refractivity contribution in [2.75, 3.05) is 13.1 Å². The summed E-state index contributed by atoms with van der Waals surface area (Å²) in [7, 11) is 0. The van der Waals surface area contributed by atoms with E-state index in [4.69, 9.17) is 13.9 Å². The number of piperidine rings is 1. The summed E-state index contributed by atoms with van der Waals surface area (Å²) in [6.07, 6.45) is 2.55. The number of fused-ring (bicyclic) bond motifs is 1. The van der Waals surface area contributed by atoms with Gasteiger partial charge in [-0.3, -0.25) is 4.79 Å². The molecule has 1 N–H and O–H groups in total. The predicted octanol–water partition coefficient (Wildman–Crippen LogP) is 5.52. The zero-order valence-electron chi connectivity index (χ0n) is 22.3. The number of carbonyl (C=O) groups is 2. The van der Waals surface area contributed by atoms with Gasteiger partial charge >= 0.3 is 6.09 Å². The molecule has 2 aliphatic rings. The molecule has 1 unspecified atom stereocenters. The third-order valence-electron chi connectivity index (χ3n) is 6.79.